The quantitative estimate of drug-likeness (QED) is 0.690. The summed E-state index contributed by atoms with van der Waals surface area (Å²) in [7, 11) is 3.24. The van der Waals surface area contributed by atoms with Crippen molar-refractivity contribution in [3.63, 3.8) is 0 Å². The van der Waals surface area contributed by atoms with Gasteiger partial charge in [-0.3, -0.25) is 19.1 Å². The van der Waals surface area contributed by atoms with Crippen LogP contribution in [0.3, 0.4) is 0 Å². The molecule has 0 spiro atoms. The molecule has 7 heteroatoms. The summed E-state index contributed by atoms with van der Waals surface area (Å²) in [4.78, 5) is 27.7. The van der Waals surface area contributed by atoms with Crippen molar-refractivity contribution in [3.8, 4) is 5.75 Å². The van der Waals surface area contributed by atoms with Gasteiger partial charge in [-0.2, -0.15) is 0 Å². The number of aromatic nitrogens is 1. The maximum absolute atomic E-state index is 13.3. The van der Waals surface area contributed by atoms with Crippen molar-refractivity contribution >= 4 is 28.7 Å². The smallest absolute Gasteiger partial charge is 0.308 e. The van der Waals surface area contributed by atoms with Crippen LogP contribution in [-0.4, -0.2) is 17.6 Å². The Morgan fingerprint density at radius 3 is 2.37 bits per heavy atom. The van der Waals surface area contributed by atoms with Crippen LogP contribution in [0.2, 0.25) is 0 Å². The van der Waals surface area contributed by atoms with E-state index in [1.165, 1.54) is 16.7 Å². The second kappa shape index (κ2) is 6.66. The highest BCUT2D eigenvalue weighted by atomic mass is 32.1. The number of hydrogen-bond donors (Lipinski definition) is 0. The first-order valence-electron chi connectivity index (χ1n) is 8.41. The van der Waals surface area contributed by atoms with Gasteiger partial charge in [0.1, 0.15) is 17.4 Å². The fraction of sp³-hybridized carbons (Fsp3) is 0.200. The van der Waals surface area contributed by atoms with Crippen LogP contribution in [0, 0.1) is 5.82 Å². The zero-order chi connectivity index (χ0) is 19.1. The van der Waals surface area contributed by atoms with Crippen LogP contribution in [0.15, 0.2) is 53.3 Å². The van der Waals surface area contributed by atoms with Gasteiger partial charge in [-0.05, 0) is 42.0 Å². The Balaban J connectivity index is 1.85. The highest BCUT2D eigenvalue weighted by molar-refractivity contribution is 7.10. The SMILES string of the molecule is COc1ccc(N2C(=O)C[C@@H](c3ccc(F)cc3)c3sc(=O)n(C)c32)cc1. The number of methoxy groups -OCH3 is 1. The van der Waals surface area contributed by atoms with Gasteiger partial charge in [-0.15, -0.1) is 0 Å². The number of nitrogens with zero attached hydrogens (tertiary/aromatic N) is 2. The summed E-state index contributed by atoms with van der Waals surface area (Å²) in [5.74, 6) is 0.548. The lowest BCUT2D eigenvalue weighted by Gasteiger charge is -2.32. The topological polar surface area (TPSA) is 51.5 Å². The molecule has 138 valence electrons. The van der Waals surface area contributed by atoms with E-state index >= 15 is 0 Å². The van der Waals surface area contributed by atoms with Crippen molar-refractivity contribution in [2.75, 3.05) is 12.0 Å². The van der Waals surface area contributed by atoms with Gasteiger partial charge in [0.2, 0.25) is 5.91 Å². The molecule has 0 bridgehead atoms. The van der Waals surface area contributed by atoms with Crippen molar-refractivity contribution in [3.05, 3.63) is 74.5 Å². The molecule has 0 unspecified atom stereocenters. The minimum absolute atomic E-state index is 0.115. The second-order valence-corrected chi connectivity index (χ2v) is 7.34. The minimum atomic E-state index is -0.331. The Hall–Kier alpha value is -2.93. The molecule has 5 nitrogen and oxygen atoms in total. The Kier molecular flexibility index (Phi) is 4.31. The predicted octanol–water partition coefficient (Wildman–Crippen LogP) is 3.79. The van der Waals surface area contributed by atoms with Gasteiger partial charge in [0.05, 0.1) is 17.7 Å². The molecule has 27 heavy (non-hydrogen) atoms. The Morgan fingerprint density at radius 2 is 1.74 bits per heavy atom. The molecule has 1 atom stereocenters. The second-order valence-electron chi connectivity index (χ2n) is 6.35. The molecule has 2 heterocycles. The summed E-state index contributed by atoms with van der Waals surface area (Å²) < 4.78 is 20.0. The standard InChI is InChI=1S/C20H17FN2O3S/c1-22-19-18(27-20(22)25)16(12-3-5-13(21)6-4-12)11-17(24)23(19)14-7-9-15(26-2)10-8-14/h3-10,16H,11H2,1-2H3/t16-/m0/s1. The zero-order valence-electron chi connectivity index (χ0n) is 14.8. The average molecular weight is 384 g/mol. The lowest BCUT2D eigenvalue weighted by atomic mass is 9.90. The molecular weight excluding hydrogens is 367 g/mol. The number of fused-ring (bicyclic) bond motifs is 1. The van der Waals surface area contributed by atoms with Crippen LogP contribution in [0.5, 0.6) is 5.75 Å². The monoisotopic (exact) mass is 384 g/mol. The highest BCUT2D eigenvalue weighted by Crippen LogP contribution is 2.44. The first-order chi connectivity index (χ1) is 13.0. The maximum atomic E-state index is 13.3. The summed E-state index contributed by atoms with van der Waals surface area (Å²) in [5, 5.41) is 0. The van der Waals surface area contributed by atoms with Crippen molar-refractivity contribution in [1.82, 2.24) is 4.57 Å². The van der Waals surface area contributed by atoms with Crippen LogP contribution in [-0.2, 0) is 11.8 Å². The van der Waals surface area contributed by atoms with E-state index in [9.17, 15) is 14.0 Å². The number of rotatable bonds is 3. The Bertz CT molecular complexity index is 1050. The Morgan fingerprint density at radius 1 is 1.07 bits per heavy atom. The summed E-state index contributed by atoms with van der Waals surface area (Å²) in [6.45, 7) is 0. The molecule has 0 radical (unpaired) electrons. The molecule has 1 aliphatic rings. The van der Waals surface area contributed by atoms with E-state index in [4.69, 9.17) is 4.74 Å². The molecule has 0 saturated carbocycles. The number of benzene rings is 2. The van der Waals surface area contributed by atoms with Gasteiger partial charge in [0.15, 0.2) is 0 Å². The van der Waals surface area contributed by atoms with Crippen LogP contribution in [0.25, 0.3) is 0 Å². The molecule has 0 saturated heterocycles. The lowest BCUT2D eigenvalue weighted by molar-refractivity contribution is -0.118. The third kappa shape index (κ3) is 2.94. The molecule has 0 fully saturated rings. The van der Waals surface area contributed by atoms with Crippen molar-refractivity contribution in [1.29, 1.82) is 0 Å². The number of ether oxygens (including phenoxy) is 1. The van der Waals surface area contributed by atoms with E-state index in [2.05, 4.69) is 0 Å². The first-order valence-corrected chi connectivity index (χ1v) is 9.23. The van der Waals surface area contributed by atoms with E-state index in [1.807, 2.05) is 0 Å². The average Bonchev–Trinajstić information content (AvgIpc) is 2.97. The molecule has 1 aliphatic heterocycles. The number of thiazole rings is 1. The normalized spacial score (nSPS) is 16.3. The van der Waals surface area contributed by atoms with Gasteiger partial charge in [-0.25, -0.2) is 4.39 Å². The van der Waals surface area contributed by atoms with Gasteiger partial charge in [0, 0.05) is 19.4 Å². The van der Waals surface area contributed by atoms with Gasteiger partial charge < -0.3 is 4.74 Å². The fourth-order valence-corrected chi connectivity index (χ4v) is 4.48. The van der Waals surface area contributed by atoms with E-state index in [0.29, 0.717) is 17.3 Å². The zero-order valence-corrected chi connectivity index (χ0v) is 15.6. The molecule has 2 aromatic carbocycles. The summed E-state index contributed by atoms with van der Waals surface area (Å²) in [6.07, 6.45) is 0.213. The first kappa shape index (κ1) is 17.5. The van der Waals surface area contributed by atoms with E-state index in [-0.39, 0.29) is 28.9 Å². The summed E-state index contributed by atoms with van der Waals surface area (Å²) >= 11 is 1.13. The number of amides is 1. The summed E-state index contributed by atoms with van der Waals surface area (Å²) in [5.41, 5.74) is 1.50. The molecular formula is C20H17FN2O3S. The van der Waals surface area contributed by atoms with Crippen LogP contribution >= 0.6 is 11.3 Å². The largest absolute Gasteiger partial charge is 0.497 e. The molecule has 1 amide bonds. The molecule has 1 aromatic heterocycles. The Labute approximate surface area is 159 Å². The van der Waals surface area contributed by atoms with Crippen molar-refractivity contribution in [2.24, 2.45) is 7.05 Å². The van der Waals surface area contributed by atoms with Gasteiger partial charge in [0.25, 0.3) is 0 Å². The molecule has 0 N–H and O–H groups in total. The van der Waals surface area contributed by atoms with E-state index in [0.717, 1.165) is 21.8 Å². The maximum Gasteiger partial charge on any atom is 0.308 e. The number of carbonyl (C=O) groups excluding carboxylic acids is 1. The molecule has 3 aromatic rings. The van der Waals surface area contributed by atoms with Crippen molar-refractivity contribution in [2.45, 2.75) is 12.3 Å². The van der Waals surface area contributed by atoms with Gasteiger partial charge >= 0.3 is 4.87 Å². The number of hydrogen-bond acceptors (Lipinski definition) is 4. The lowest BCUT2D eigenvalue weighted by Crippen LogP contribution is -2.34. The fourth-order valence-electron chi connectivity index (χ4n) is 3.39. The third-order valence-corrected chi connectivity index (χ3v) is 5.90. The highest BCUT2D eigenvalue weighted by Gasteiger charge is 2.37. The summed E-state index contributed by atoms with van der Waals surface area (Å²) in [6, 6.07) is 13.2. The molecule has 4 rings (SSSR count). The number of anilines is 2. The number of carbonyl (C=O) groups is 1. The molecule has 0 aliphatic carbocycles. The van der Waals surface area contributed by atoms with E-state index in [1.54, 1.807) is 55.5 Å². The van der Waals surface area contributed by atoms with Crippen LogP contribution in [0.4, 0.5) is 15.9 Å². The van der Waals surface area contributed by atoms with Crippen LogP contribution < -0.4 is 14.5 Å². The van der Waals surface area contributed by atoms with Crippen molar-refractivity contribution < 1.29 is 13.9 Å². The van der Waals surface area contributed by atoms with Gasteiger partial charge in [-0.1, -0.05) is 23.5 Å². The number of halogens is 1. The third-order valence-electron chi connectivity index (χ3n) is 4.77. The van der Waals surface area contributed by atoms with Crippen LogP contribution in [0.1, 0.15) is 22.8 Å². The van der Waals surface area contributed by atoms with E-state index < -0.39 is 0 Å². The minimum Gasteiger partial charge on any atom is -0.497 e. The predicted molar refractivity (Wildman–Crippen MR) is 103 cm³/mol.